The van der Waals surface area contributed by atoms with Crippen LogP contribution in [-0.2, 0) is 0 Å². The summed E-state index contributed by atoms with van der Waals surface area (Å²) < 4.78 is 0. The molecule has 0 saturated heterocycles. The lowest BCUT2D eigenvalue weighted by Crippen LogP contribution is -2.52. The molecule has 34 heavy (non-hydrogen) atoms. The average molecular weight is 463 g/mol. The van der Waals surface area contributed by atoms with Gasteiger partial charge in [-0.25, -0.2) is 0 Å². The molecule has 4 aliphatic rings. The first-order valence-corrected chi connectivity index (χ1v) is 14.1. The van der Waals surface area contributed by atoms with Gasteiger partial charge in [-0.2, -0.15) is 0 Å². The Balaban J connectivity index is 1.26. The van der Waals surface area contributed by atoms with Crippen LogP contribution in [0, 0.1) is 46.3 Å². The van der Waals surface area contributed by atoms with Gasteiger partial charge in [0.15, 0.2) is 0 Å². The fraction of sp³-hybridized carbons (Fsp3) is 0.688. The molecule has 2 N–H and O–H groups in total. The highest BCUT2D eigenvalue weighted by Gasteiger charge is 2.59. The molecule has 1 unspecified atom stereocenters. The maximum absolute atomic E-state index is 10.5. The van der Waals surface area contributed by atoms with Crippen LogP contribution >= 0.6 is 0 Å². The van der Waals surface area contributed by atoms with Crippen LogP contribution in [-0.4, -0.2) is 16.3 Å². The lowest BCUT2D eigenvalue weighted by Gasteiger charge is -2.59. The third-order valence-corrected chi connectivity index (χ3v) is 11.3. The van der Waals surface area contributed by atoms with Crippen LogP contribution in [0.2, 0.25) is 0 Å². The van der Waals surface area contributed by atoms with E-state index >= 15 is 0 Å². The van der Waals surface area contributed by atoms with Crippen LogP contribution in [0.15, 0.2) is 42.0 Å². The lowest BCUT2D eigenvalue weighted by molar-refractivity contribution is -0.0773. The molecule has 0 spiro atoms. The normalized spacial score (nSPS) is 42.6. The highest BCUT2D eigenvalue weighted by atomic mass is 16.3. The molecule has 9 atom stereocenters. The summed E-state index contributed by atoms with van der Waals surface area (Å²) in [7, 11) is 0. The van der Waals surface area contributed by atoms with Crippen molar-refractivity contribution in [1.82, 2.24) is 0 Å². The van der Waals surface area contributed by atoms with Crippen LogP contribution < -0.4 is 0 Å². The minimum atomic E-state index is -0.0957. The molecule has 5 rings (SSSR count). The largest absolute Gasteiger partial charge is 0.508 e. The van der Waals surface area contributed by atoms with Crippen molar-refractivity contribution in [2.45, 2.75) is 91.6 Å². The smallest absolute Gasteiger partial charge is 0.115 e. The van der Waals surface area contributed by atoms with Gasteiger partial charge in [0.1, 0.15) is 5.75 Å². The summed E-state index contributed by atoms with van der Waals surface area (Å²) in [4.78, 5) is 0. The number of hydrogen-bond donors (Lipinski definition) is 2. The van der Waals surface area contributed by atoms with Gasteiger partial charge in [0.05, 0.1) is 6.10 Å². The Morgan fingerprint density at radius 2 is 1.71 bits per heavy atom. The number of rotatable bonds is 5. The van der Waals surface area contributed by atoms with E-state index in [1.54, 1.807) is 12.1 Å². The Morgan fingerprint density at radius 3 is 2.47 bits per heavy atom. The highest BCUT2D eigenvalue weighted by Crippen LogP contribution is 2.67. The fourth-order valence-electron chi connectivity index (χ4n) is 9.29. The predicted octanol–water partition coefficient (Wildman–Crippen LogP) is 8.01. The van der Waals surface area contributed by atoms with Gasteiger partial charge in [-0.15, -0.1) is 0 Å². The summed E-state index contributed by atoms with van der Waals surface area (Å²) in [6, 6.07) is 7.48. The van der Waals surface area contributed by atoms with Crippen LogP contribution in [0.1, 0.15) is 91.0 Å². The molecule has 0 radical (unpaired) electrons. The van der Waals surface area contributed by atoms with Gasteiger partial charge in [-0.1, -0.05) is 63.6 Å². The number of aliphatic hydroxyl groups excluding tert-OH is 1. The molecule has 1 aromatic rings. The summed E-state index contributed by atoms with van der Waals surface area (Å²) in [6.07, 6.45) is 18.4. The van der Waals surface area contributed by atoms with Crippen molar-refractivity contribution in [2.24, 2.45) is 46.3 Å². The third kappa shape index (κ3) is 3.98. The summed E-state index contributed by atoms with van der Waals surface area (Å²) >= 11 is 0. The zero-order valence-corrected chi connectivity index (χ0v) is 21.8. The van der Waals surface area contributed by atoms with E-state index in [2.05, 4.69) is 45.9 Å². The van der Waals surface area contributed by atoms with Gasteiger partial charge >= 0.3 is 0 Å². The van der Waals surface area contributed by atoms with Crippen molar-refractivity contribution in [3.05, 3.63) is 47.6 Å². The Bertz CT molecular complexity index is 929. The fourth-order valence-corrected chi connectivity index (χ4v) is 9.29. The number of phenolic OH excluding ortho intramolecular Hbond substituents is 1. The highest BCUT2D eigenvalue weighted by molar-refractivity contribution is 5.50. The Kier molecular flexibility index (Phi) is 6.51. The van der Waals surface area contributed by atoms with E-state index in [4.69, 9.17) is 0 Å². The quantitative estimate of drug-likeness (QED) is 0.435. The van der Waals surface area contributed by atoms with Crippen LogP contribution in [0.5, 0.6) is 5.75 Å². The zero-order chi connectivity index (χ0) is 24.1. The van der Waals surface area contributed by atoms with Gasteiger partial charge in [-0.3, -0.25) is 0 Å². The number of phenols is 1. The van der Waals surface area contributed by atoms with Gasteiger partial charge in [0.2, 0.25) is 0 Å². The maximum Gasteiger partial charge on any atom is 0.115 e. The van der Waals surface area contributed by atoms with Crippen molar-refractivity contribution in [1.29, 1.82) is 0 Å². The van der Waals surface area contributed by atoms with E-state index < -0.39 is 0 Å². The first-order chi connectivity index (χ1) is 16.2. The second kappa shape index (κ2) is 9.16. The molecule has 0 amide bonds. The van der Waals surface area contributed by atoms with Gasteiger partial charge in [0.25, 0.3) is 0 Å². The third-order valence-electron chi connectivity index (χ3n) is 11.3. The van der Waals surface area contributed by atoms with E-state index in [9.17, 15) is 10.2 Å². The molecular weight excluding hydrogens is 416 g/mol. The van der Waals surface area contributed by atoms with Crippen LogP contribution in [0.4, 0.5) is 0 Å². The van der Waals surface area contributed by atoms with Gasteiger partial charge in [0, 0.05) is 0 Å². The van der Waals surface area contributed by atoms with Crippen molar-refractivity contribution in [3.8, 4) is 5.75 Å². The SMILES string of the molecule is C[C@H](CC/C=C/c1ccc(O)cc1)[C@H]1CC[C@H]2C3=CCC4[C@H](C)[C@@H](O)CC[C@]4(C)[C@H]3CC[C@]12C. The number of fused-ring (bicyclic) bond motifs is 5. The minimum Gasteiger partial charge on any atom is -0.508 e. The lowest BCUT2D eigenvalue weighted by atomic mass is 9.46. The molecule has 0 aromatic heterocycles. The van der Waals surface area contributed by atoms with Gasteiger partial charge in [-0.05, 0) is 122 Å². The second-order valence-corrected chi connectivity index (χ2v) is 12.9. The molecular formula is C32H46O2. The molecule has 3 fully saturated rings. The first kappa shape index (κ1) is 24.2. The molecule has 3 saturated carbocycles. The van der Waals surface area contributed by atoms with Crippen molar-refractivity contribution in [3.63, 3.8) is 0 Å². The van der Waals surface area contributed by atoms with Gasteiger partial charge < -0.3 is 10.2 Å². The molecule has 1 aromatic carbocycles. The van der Waals surface area contributed by atoms with Crippen molar-refractivity contribution < 1.29 is 10.2 Å². The summed E-state index contributed by atoms with van der Waals surface area (Å²) in [6.45, 7) is 10.0. The Morgan fingerprint density at radius 1 is 1.00 bits per heavy atom. The maximum atomic E-state index is 10.5. The van der Waals surface area contributed by atoms with E-state index in [0.29, 0.717) is 28.4 Å². The molecule has 4 aliphatic carbocycles. The van der Waals surface area contributed by atoms with Crippen molar-refractivity contribution >= 4 is 6.08 Å². The molecule has 2 nitrogen and oxygen atoms in total. The summed E-state index contributed by atoms with van der Waals surface area (Å²) in [5.41, 5.74) is 3.85. The molecule has 0 heterocycles. The Labute approximate surface area is 207 Å². The predicted molar refractivity (Wildman–Crippen MR) is 141 cm³/mol. The molecule has 186 valence electrons. The minimum absolute atomic E-state index is 0.0957. The van der Waals surface area contributed by atoms with E-state index in [0.717, 1.165) is 42.1 Å². The van der Waals surface area contributed by atoms with Crippen LogP contribution in [0.25, 0.3) is 6.08 Å². The summed E-state index contributed by atoms with van der Waals surface area (Å²) in [5.74, 6) is 4.56. The first-order valence-electron chi connectivity index (χ1n) is 14.1. The van der Waals surface area contributed by atoms with E-state index in [1.807, 2.05) is 17.7 Å². The van der Waals surface area contributed by atoms with Crippen LogP contribution in [0.3, 0.4) is 0 Å². The zero-order valence-electron chi connectivity index (χ0n) is 21.8. The number of aliphatic hydroxyl groups is 1. The van der Waals surface area contributed by atoms with Crippen molar-refractivity contribution in [2.75, 3.05) is 0 Å². The van der Waals surface area contributed by atoms with E-state index in [-0.39, 0.29) is 6.10 Å². The number of aromatic hydroxyl groups is 1. The average Bonchev–Trinajstić information content (AvgIpc) is 3.18. The topological polar surface area (TPSA) is 40.5 Å². The Hall–Kier alpha value is -1.54. The molecule has 2 heteroatoms. The number of benzene rings is 1. The molecule has 0 bridgehead atoms. The number of hydrogen-bond acceptors (Lipinski definition) is 2. The monoisotopic (exact) mass is 462 g/mol. The standard InChI is InChI=1S/C32H46O2/c1-21(7-5-6-8-23-9-11-24(33)12-10-23)26-15-16-28-25-13-14-27-22(2)30(34)18-20-32(27,4)29(25)17-19-31(26,28)3/h6,8-13,21-22,26-30,33-34H,5,7,14-20H2,1-4H3/b8-6+/t21-,22+,26-,27?,28+,29+,30+,31-,32+/m1/s1. The number of allylic oxidation sites excluding steroid dienone is 3. The second-order valence-electron chi connectivity index (χ2n) is 12.9. The molecule has 0 aliphatic heterocycles. The summed E-state index contributed by atoms with van der Waals surface area (Å²) in [5, 5.41) is 20.0. The van der Waals surface area contributed by atoms with E-state index in [1.165, 1.54) is 44.9 Å².